The second-order valence-electron chi connectivity index (χ2n) is 5.14. The van der Waals surface area contributed by atoms with Gasteiger partial charge in [-0.25, -0.2) is 0 Å². The van der Waals surface area contributed by atoms with Crippen LogP contribution in [0.5, 0.6) is 0 Å². The van der Waals surface area contributed by atoms with Gasteiger partial charge in [-0.15, -0.1) is 0 Å². The fraction of sp³-hybridized carbons (Fsp3) is 0.833. The van der Waals surface area contributed by atoms with Crippen LogP contribution < -0.4 is 11.1 Å². The molecule has 0 aromatic rings. The molecule has 116 valence electrons. The van der Waals surface area contributed by atoms with E-state index in [1.165, 1.54) is 7.05 Å². The zero-order valence-electron chi connectivity index (χ0n) is 11.4. The number of hydrogen-bond donors (Lipinski definition) is 2. The summed E-state index contributed by atoms with van der Waals surface area (Å²) in [5, 5.41) is 1.73. The number of nitrogens with one attached hydrogen (secondary N) is 1. The number of likely N-dealkylation sites (N-methyl/N-ethyl adjacent to an activating group) is 1. The van der Waals surface area contributed by atoms with Crippen molar-refractivity contribution in [2.75, 3.05) is 20.1 Å². The van der Waals surface area contributed by atoms with Crippen molar-refractivity contribution in [1.29, 1.82) is 0 Å². The van der Waals surface area contributed by atoms with Crippen molar-refractivity contribution >= 4 is 11.8 Å². The molecule has 0 aromatic heterocycles. The Labute approximate surface area is 115 Å². The second-order valence-corrected chi connectivity index (χ2v) is 5.14. The molecule has 1 fully saturated rings. The van der Waals surface area contributed by atoms with E-state index in [0.29, 0.717) is 6.42 Å². The minimum absolute atomic E-state index is 0.239. The highest BCUT2D eigenvalue weighted by atomic mass is 19.4. The quantitative estimate of drug-likeness (QED) is 0.799. The standard InChI is InChI=1S/C12H20F3N3O2/c1-18(6-10(19)17-7-12(13,14)15)11(20)8-4-2-3-5-9(8)16/h8-9H,2-7,16H2,1H3,(H,17,19). The molecule has 0 spiro atoms. The summed E-state index contributed by atoms with van der Waals surface area (Å²) in [6.45, 7) is -1.78. The van der Waals surface area contributed by atoms with E-state index in [0.717, 1.165) is 24.2 Å². The maximum absolute atomic E-state index is 12.1. The number of nitrogens with zero attached hydrogens (tertiary/aromatic N) is 1. The Morgan fingerprint density at radius 1 is 1.30 bits per heavy atom. The average Bonchev–Trinajstić information content (AvgIpc) is 2.35. The van der Waals surface area contributed by atoms with Gasteiger partial charge in [-0.1, -0.05) is 12.8 Å². The van der Waals surface area contributed by atoms with Crippen molar-refractivity contribution in [1.82, 2.24) is 10.2 Å². The Balaban J connectivity index is 2.43. The highest BCUT2D eigenvalue weighted by molar-refractivity contribution is 5.86. The molecular weight excluding hydrogens is 275 g/mol. The minimum Gasteiger partial charge on any atom is -0.345 e. The van der Waals surface area contributed by atoms with Crippen LogP contribution in [0, 0.1) is 5.92 Å². The third-order valence-corrected chi connectivity index (χ3v) is 3.38. The van der Waals surface area contributed by atoms with E-state index in [9.17, 15) is 22.8 Å². The number of carbonyl (C=O) groups is 2. The third kappa shape index (κ3) is 5.36. The molecule has 0 aromatic carbocycles. The van der Waals surface area contributed by atoms with Crippen molar-refractivity contribution in [3.8, 4) is 0 Å². The van der Waals surface area contributed by atoms with E-state index in [1.807, 2.05) is 0 Å². The molecule has 8 heteroatoms. The fourth-order valence-corrected chi connectivity index (χ4v) is 2.30. The first kappa shape index (κ1) is 16.7. The monoisotopic (exact) mass is 295 g/mol. The van der Waals surface area contributed by atoms with Crippen molar-refractivity contribution in [2.45, 2.75) is 37.9 Å². The molecule has 0 bridgehead atoms. The van der Waals surface area contributed by atoms with Crippen LogP contribution in [-0.2, 0) is 9.59 Å². The van der Waals surface area contributed by atoms with Crippen LogP contribution in [-0.4, -0.2) is 49.1 Å². The molecule has 3 N–H and O–H groups in total. The van der Waals surface area contributed by atoms with Crippen molar-refractivity contribution < 1.29 is 22.8 Å². The lowest BCUT2D eigenvalue weighted by Gasteiger charge is -2.30. The predicted octanol–water partition coefficient (Wildman–Crippen LogP) is 0.641. The van der Waals surface area contributed by atoms with Crippen LogP contribution in [0.15, 0.2) is 0 Å². The van der Waals surface area contributed by atoms with Crippen molar-refractivity contribution in [2.24, 2.45) is 11.7 Å². The number of nitrogens with two attached hydrogens (primary N) is 1. The molecule has 2 atom stereocenters. The van der Waals surface area contributed by atoms with Gasteiger partial charge in [-0.05, 0) is 12.8 Å². The lowest BCUT2D eigenvalue weighted by Crippen LogP contribution is -2.48. The fourth-order valence-electron chi connectivity index (χ4n) is 2.30. The van der Waals surface area contributed by atoms with Gasteiger partial charge in [0.25, 0.3) is 0 Å². The Morgan fingerprint density at radius 2 is 1.90 bits per heavy atom. The normalized spacial score (nSPS) is 23.2. The van der Waals surface area contributed by atoms with Crippen LogP contribution in [0.1, 0.15) is 25.7 Å². The first-order valence-electron chi connectivity index (χ1n) is 6.54. The third-order valence-electron chi connectivity index (χ3n) is 3.38. The van der Waals surface area contributed by atoms with Crippen molar-refractivity contribution in [3.63, 3.8) is 0 Å². The van der Waals surface area contributed by atoms with Gasteiger partial charge in [0.1, 0.15) is 6.54 Å². The van der Waals surface area contributed by atoms with Crippen LogP contribution in [0.25, 0.3) is 0 Å². The number of amides is 2. The number of halogens is 3. The average molecular weight is 295 g/mol. The summed E-state index contributed by atoms with van der Waals surface area (Å²) in [7, 11) is 1.40. The summed E-state index contributed by atoms with van der Waals surface area (Å²) in [4.78, 5) is 24.6. The maximum Gasteiger partial charge on any atom is 0.405 e. The molecule has 0 aliphatic heterocycles. The van der Waals surface area contributed by atoms with E-state index in [1.54, 1.807) is 5.32 Å². The highest BCUT2D eigenvalue weighted by Crippen LogP contribution is 2.24. The zero-order chi connectivity index (χ0) is 15.3. The number of carbonyl (C=O) groups excluding carboxylic acids is 2. The van der Waals surface area contributed by atoms with Crippen LogP contribution in [0.4, 0.5) is 13.2 Å². The molecule has 1 aliphatic carbocycles. The minimum atomic E-state index is -4.45. The summed E-state index contributed by atoms with van der Waals surface area (Å²) in [6.07, 6.45) is -1.16. The van der Waals surface area contributed by atoms with Crippen LogP contribution in [0.2, 0.25) is 0 Å². The molecule has 2 unspecified atom stereocenters. The van der Waals surface area contributed by atoms with E-state index in [-0.39, 0.29) is 17.9 Å². The summed E-state index contributed by atoms with van der Waals surface area (Å²) in [5.41, 5.74) is 5.87. The molecule has 1 saturated carbocycles. The second kappa shape index (κ2) is 6.92. The Bertz CT molecular complexity index is 360. The van der Waals surface area contributed by atoms with Gasteiger partial charge >= 0.3 is 6.18 Å². The lowest BCUT2D eigenvalue weighted by molar-refractivity contribution is -0.143. The van der Waals surface area contributed by atoms with Gasteiger partial charge in [0, 0.05) is 13.1 Å². The summed E-state index contributed by atoms with van der Waals surface area (Å²) < 4.78 is 35.8. The Morgan fingerprint density at radius 3 is 2.45 bits per heavy atom. The van der Waals surface area contributed by atoms with Gasteiger partial charge in [0.05, 0.1) is 12.5 Å². The first-order valence-corrected chi connectivity index (χ1v) is 6.54. The zero-order valence-corrected chi connectivity index (χ0v) is 11.4. The molecular formula is C12H20F3N3O2. The molecule has 0 saturated heterocycles. The van der Waals surface area contributed by atoms with E-state index >= 15 is 0 Å². The van der Waals surface area contributed by atoms with Gasteiger partial charge in [0.15, 0.2) is 0 Å². The SMILES string of the molecule is CN(CC(=O)NCC(F)(F)F)C(=O)C1CCCCC1N. The van der Waals surface area contributed by atoms with Crippen LogP contribution in [0.3, 0.4) is 0 Å². The smallest absolute Gasteiger partial charge is 0.345 e. The molecule has 1 rings (SSSR count). The van der Waals surface area contributed by atoms with E-state index in [4.69, 9.17) is 5.73 Å². The molecule has 20 heavy (non-hydrogen) atoms. The predicted molar refractivity (Wildman–Crippen MR) is 66.6 cm³/mol. The molecule has 2 amide bonds. The van der Waals surface area contributed by atoms with Gasteiger partial charge < -0.3 is 16.0 Å². The summed E-state index contributed by atoms with van der Waals surface area (Å²) in [6, 6.07) is -0.239. The largest absolute Gasteiger partial charge is 0.405 e. The Hall–Kier alpha value is -1.31. The first-order chi connectivity index (χ1) is 9.20. The number of rotatable bonds is 4. The molecule has 5 nitrogen and oxygen atoms in total. The van der Waals surface area contributed by atoms with Gasteiger partial charge in [-0.2, -0.15) is 13.2 Å². The topological polar surface area (TPSA) is 75.4 Å². The lowest BCUT2D eigenvalue weighted by atomic mass is 9.84. The molecule has 0 heterocycles. The molecule has 0 radical (unpaired) electrons. The number of alkyl halides is 3. The van der Waals surface area contributed by atoms with Gasteiger partial charge in [0.2, 0.25) is 11.8 Å². The van der Waals surface area contributed by atoms with Crippen molar-refractivity contribution in [3.05, 3.63) is 0 Å². The maximum atomic E-state index is 12.1. The summed E-state index contributed by atoms with van der Waals surface area (Å²) >= 11 is 0. The van der Waals surface area contributed by atoms with Crippen LogP contribution >= 0.6 is 0 Å². The van der Waals surface area contributed by atoms with E-state index < -0.39 is 25.2 Å². The van der Waals surface area contributed by atoms with E-state index in [2.05, 4.69) is 0 Å². The number of hydrogen-bond acceptors (Lipinski definition) is 3. The Kier molecular flexibility index (Phi) is 5.79. The van der Waals surface area contributed by atoms with Gasteiger partial charge in [-0.3, -0.25) is 9.59 Å². The summed E-state index contributed by atoms with van der Waals surface area (Å²) in [5.74, 6) is -1.45. The highest BCUT2D eigenvalue weighted by Gasteiger charge is 2.32. The molecule has 1 aliphatic rings.